The third-order valence-corrected chi connectivity index (χ3v) is 3.05. The smallest absolute Gasteiger partial charge is 0.0723 e. The number of allylic oxidation sites excluding steroid dienone is 1. The van der Waals surface area contributed by atoms with Crippen LogP contribution in [0.3, 0.4) is 0 Å². The van der Waals surface area contributed by atoms with E-state index < -0.39 is 0 Å². The van der Waals surface area contributed by atoms with E-state index in [-0.39, 0.29) is 6.10 Å². The maximum atomic E-state index is 9.51. The molecular formula is C12H14BrNO. The van der Waals surface area contributed by atoms with Crippen molar-refractivity contribution in [3.05, 3.63) is 40.1 Å². The standard InChI is InChI=1S/C12H14BrNO/c13-11-5-10(7-14-8-11)4-9-2-1-3-12(15)6-9/h5-8,12,15H,1-4H2. The van der Waals surface area contributed by atoms with Gasteiger partial charge in [-0.25, -0.2) is 0 Å². The lowest BCUT2D eigenvalue weighted by molar-refractivity contribution is 0.202. The number of rotatable bonds is 2. The Balaban J connectivity index is 2.08. The average Bonchev–Trinajstić information content (AvgIpc) is 2.17. The molecule has 1 unspecified atom stereocenters. The zero-order valence-corrected chi connectivity index (χ0v) is 10.1. The van der Waals surface area contributed by atoms with Crippen LogP contribution in [0.25, 0.3) is 0 Å². The van der Waals surface area contributed by atoms with E-state index in [1.165, 1.54) is 11.1 Å². The van der Waals surface area contributed by atoms with Crippen molar-refractivity contribution in [3.8, 4) is 0 Å². The first-order valence-electron chi connectivity index (χ1n) is 5.21. The van der Waals surface area contributed by atoms with Crippen LogP contribution in [0.4, 0.5) is 0 Å². The molecule has 1 aromatic heterocycles. The van der Waals surface area contributed by atoms with Gasteiger partial charge in [-0.2, -0.15) is 0 Å². The molecule has 0 saturated heterocycles. The lowest BCUT2D eigenvalue weighted by atomic mass is 9.93. The predicted octanol–water partition coefficient (Wildman–Crippen LogP) is 2.86. The van der Waals surface area contributed by atoms with Crippen molar-refractivity contribution in [1.82, 2.24) is 4.98 Å². The lowest BCUT2D eigenvalue weighted by Gasteiger charge is -2.16. The Morgan fingerprint density at radius 2 is 2.33 bits per heavy atom. The highest BCUT2D eigenvalue weighted by Gasteiger charge is 2.11. The lowest BCUT2D eigenvalue weighted by Crippen LogP contribution is -2.10. The molecule has 1 N–H and O–H groups in total. The van der Waals surface area contributed by atoms with Gasteiger partial charge in [0, 0.05) is 16.9 Å². The van der Waals surface area contributed by atoms with Gasteiger partial charge in [-0.1, -0.05) is 11.6 Å². The fourth-order valence-corrected chi connectivity index (χ4v) is 2.35. The average molecular weight is 268 g/mol. The monoisotopic (exact) mass is 267 g/mol. The number of hydrogen-bond donors (Lipinski definition) is 1. The van der Waals surface area contributed by atoms with Crippen LogP contribution in [0, 0.1) is 0 Å². The molecule has 0 saturated carbocycles. The minimum Gasteiger partial charge on any atom is -0.389 e. The Labute approximate surface area is 98.2 Å². The van der Waals surface area contributed by atoms with Crippen LogP contribution in [0.2, 0.25) is 0 Å². The molecule has 1 aliphatic carbocycles. The SMILES string of the molecule is OC1C=C(Cc2cncc(Br)c2)CCC1. The first-order valence-corrected chi connectivity index (χ1v) is 6.00. The van der Waals surface area contributed by atoms with E-state index in [1.54, 1.807) is 6.20 Å². The number of nitrogens with zero attached hydrogens (tertiary/aromatic N) is 1. The van der Waals surface area contributed by atoms with Crippen molar-refractivity contribution in [2.45, 2.75) is 31.8 Å². The molecule has 2 rings (SSSR count). The highest BCUT2D eigenvalue weighted by atomic mass is 79.9. The second kappa shape index (κ2) is 4.90. The van der Waals surface area contributed by atoms with Crippen LogP contribution < -0.4 is 0 Å². The van der Waals surface area contributed by atoms with E-state index in [2.05, 4.69) is 27.0 Å². The predicted molar refractivity (Wildman–Crippen MR) is 63.6 cm³/mol. The quantitative estimate of drug-likeness (QED) is 0.837. The van der Waals surface area contributed by atoms with Crippen molar-refractivity contribution in [3.63, 3.8) is 0 Å². The topological polar surface area (TPSA) is 33.1 Å². The van der Waals surface area contributed by atoms with Crippen molar-refractivity contribution in [2.75, 3.05) is 0 Å². The van der Waals surface area contributed by atoms with Crippen molar-refractivity contribution in [1.29, 1.82) is 0 Å². The van der Waals surface area contributed by atoms with Gasteiger partial charge in [0.2, 0.25) is 0 Å². The molecule has 3 heteroatoms. The Morgan fingerprint density at radius 3 is 3.07 bits per heavy atom. The van der Waals surface area contributed by atoms with Crippen LogP contribution in [0.15, 0.2) is 34.6 Å². The summed E-state index contributed by atoms with van der Waals surface area (Å²) in [5.41, 5.74) is 2.53. The fraction of sp³-hybridized carbons (Fsp3) is 0.417. The Kier molecular flexibility index (Phi) is 3.54. The summed E-state index contributed by atoms with van der Waals surface area (Å²) in [6.07, 6.45) is 9.42. The molecule has 1 heterocycles. The van der Waals surface area contributed by atoms with E-state index in [1.807, 2.05) is 12.3 Å². The second-order valence-corrected chi connectivity index (χ2v) is 4.89. The van der Waals surface area contributed by atoms with E-state index in [9.17, 15) is 5.11 Å². The summed E-state index contributed by atoms with van der Waals surface area (Å²) in [5, 5.41) is 9.51. The van der Waals surface area contributed by atoms with Gasteiger partial charge in [-0.05, 0) is 53.2 Å². The normalized spacial score (nSPS) is 21.2. The van der Waals surface area contributed by atoms with Crippen LogP contribution in [0.1, 0.15) is 24.8 Å². The zero-order chi connectivity index (χ0) is 10.7. The van der Waals surface area contributed by atoms with Crippen molar-refractivity contribution in [2.24, 2.45) is 0 Å². The maximum absolute atomic E-state index is 9.51. The number of halogens is 1. The van der Waals surface area contributed by atoms with Gasteiger partial charge in [0.1, 0.15) is 0 Å². The molecule has 0 bridgehead atoms. The van der Waals surface area contributed by atoms with Crippen LogP contribution in [-0.2, 0) is 6.42 Å². The summed E-state index contributed by atoms with van der Waals surface area (Å²) in [7, 11) is 0. The third kappa shape index (κ3) is 3.14. The van der Waals surface area contributed by atoms with Crippen molar-refractivity contribution >= 4 is 15.9 Å². The van der Waals surface area contributed by atoms with Gasteiger partial charge in [-0.3, -0.25) is 4.98 Å². The minimum absolute atomic E-state index is 0.242. The van der Waals surface area contributed by atoms with Gasteiger partial charge in [-0.15, -0.1) is 0 Å². The molecule has 0 spiro atoms. The van der Waals surface area contributed by atoms with Gasteiger partial charge in [0.25, 0.3) is 0 Å². The summed E-state index contributed by atoms with van der Waals surface area (Å²) in [6.45, 7) is 0. The molecule has 2 nitrogen and oxygen atoms in total. The van der Waals surface area contributed by atoms with Gasteiger partial charge in [0.05, 0.1) is 6.10 Å². The molecule has 1 atom stereocenters. The van der Waals surface area contributed by atoms with Crippen molar-refractivity contribution < 1.29 is 5.11 Å². The molecule has 0 amide bonds. The molecule has 15 heavy (non-hydrogen) atoms. The molecule has 0 fully saturated rings. The second-order valence-electron chi connectivity index (χ2n) is 3.97. The maximum Gasteiger partial charge on any atom is 0.0723 e. The first-order chi connectivity index (χ1) is 7.24. The molecule has 1 aliphatic rings. The third-order valence-electron chi connectivity index (χ3n) is 2.62. The highest BCUT2D eigenvalue weighted by Crippen LogP contribution is 2.22. The Hall–Kier alpha value is -0.670. The minimum atomic E-state index is -0.242. The molecule has 0 aromatic carbocycles. The zero-order valence-electron chi connectivity index (χ0n) is 8.49. The molecule has 80 valence electrons. The number of hydrogen-bond acceptors (Lipinski definition) is 2. The van der Waals surface area contributed by atoms with Gasteiger partial charge < -0.3 is 5.11 Å². The summed E-state index contributed by atoms with van der Waals surface area (Å²) < 4.78 is 1.01. The molecule has 0 aliphatic heterocycles. The Bertz CT molecular complexity index is 376. The summed E-state index contributed by atoms with van der Waals surface area (Å²) in [4.78, 5) is 4.13. The van der Waals surface area contributed by atoms with Crippen LogP contribution in [-0.4, -0.2) is 16.2 Å². The largest absolute Gasteiger partial charge is 0.389 e. The first kappa shape index (κ1) is 10.8. The van der Waals surface area contributed by atoms with Gasteiger partial charge in [0.15, 0.2) is 0 Å². The van der Waals surface area contributed by atoms with E-state index >= 15 is 0 Å². The summed E-state index contributed by atoms with van der Waals surface area (Å²) in [5.74, 6) is 0. The molecular weight excluding hydrogens is 254 g/mol. The molecule has 0 radical (unpaired) electrons. The van der Waals surface area contributed by atoms with E-state index in [4.69, 9.17) is 0 Å². The van der Waals surface area contributed by atoms with Gasteiger partial charge >= 0.3 is 0 Å². The van der Waals surface area contributed by atoms with Crippen LogP contribution in [0.5, 0.6) is 0 Å². The van der Waals surface area contributed by atoms with E-state index in [0.717, 1.165) is 30.2 Å². The van der Waals surface area contributed by atoms with Crippen LogP contribution >= 0.6 is 15.9 Å². The number of aromatic nitrogens is 1. The molecule has 1 aromatic rings. The van der Waals surface area contributed by atoms with E-state index in [0.29, 0.717) is 0 Å². The highest BCUT2D eigenvalue weighted by molar-refractivity contribution is 9.10. The summed E-state index contributed by atoms with van der Waals surface area (Å²) >= 11 is 3.41. The summed E-state index contributed by atoms with van der Waals surface area (Å²) in [6, 6.07) is 2.08. The Morgan fingerprint density at radius 1 is 1.47 bits per heavy atom. The number of aliphatic hydroxyl groups is 1. The number of pyridine rings is 1. The fourth-order valence-electron chi connectivity index (χ4n) is 1.94. The number of aliphatic hydroxyl groups excluding tert-OH is 1.